The first kappa shape index (κ1) is 51.4. The molecule has 8 N–H and O–H groups in total. The fraction of sp³-hybridized carbons (Fsp3) is 0.574. The van der Waals surface area contributed by atoms with Crippen LogP contribution in [0.3, 0.4) is 0 Å². The highest BCUT2D eigenvalue weighted by molar-refractivity contribution is 5.82. The lowest BCUT2D eigenvalue weighted by Crippen LogP contribution is -2.67. The monoisotopic (exact) mass is 886 g/mol. The Balaban J connectivity index is 1.50. The number of phenols is 2. The molecule has 0 aliphatic carbocycles. The Morgan fingerprint density at radius 1 is 0.889 bits per heavy atom. The van der Waals surface area contributed by atoms with Crippen LogP contribution in [0.25, 0.3) is 0 Å². The summed E-state index contributed by atoms with van der Waals surface area (Å²) in [4.78, 5) is 25.8. The summed E-state index contributed by atoms with van der Waals surface area (Å²) in [7, 11) is 0. The second kappa shape index (κ2) is 25.3. The molecule has 350 valence electrons. The average Bonchev–Trinajstić information content (AvgIpc) is 3.63. The van der Waals surface area contributed by atoms with E-state index in [1.165, 1.54) is 24.3 Å². The Bertz CT molecular complexity index is 1800. The molecule has 2 fully saturated rings. The molecule has 2 unspecified atom stereocenters. The van der Waals surface area contributed by atoms with Crippen molar-refractivity contribution in [1.82, 2.24) is 0 Å². The Morgan fingerprint density at radius 2 is 1.60 bits per heavy atom. The lowest BCUT2D eigenvalue weighted by atomic mass is 9.86. The number of allylic oxidation sites excluding steroid dienone is 8. The number of esters is 2. The van der Waals surface area contributed by atoms with Crippen LogP contribution in [0.15, 0.2) is 84.5 Å². The molecule has 0 radical (unpaired) electrons. The van der Waals surface area contributed by atoms with E-state index in [0.717, 1.165) is 68.7 Å². The summed E-state index contributed by atoms with van der Waals surface area (Å²) in [5.41, 5.74) is 0.867. The molecule has 0 saturated carbocycles. The van der Waals surface area contributed by atoms with E-state index in [2.05, 4.69) is 26.8 Å². The Labute approximate surface area is 369 Å². The number of aromatic hydroxyl groups is 2. The maximum Gasteiger partial charge on any atom is 0.331 e. The van der Waals surface area contributed by atoms with Crippen LogP contribution in [-0.2, 0) is 50.4 Å². The van der Waals surface area contributed by atoms with E-state index in [4.69, 9.17) is 28.4 Å². The quantitative estimate of drug-likeness (QED) is 0.0354. The summed E-state index contributed by atoms with van der Waals surface area (Å²) in [6, 6.07) is 2.27. The fourth-order valence-corrected chi connectivity index (χ4v) is 7.32. The molecule has 0 amide bonds. The van der Waals surface area contributed by atoms with Gasteiger partial charge in [-0.2, -0.15) is 0 Å². The Morgan fingerprint density at radius 3 is 2.32 bits per heavy atom. The molecule has 0 bridgehead atoms. The van der Waals surface area contributed by atoms with Crippen LogP contribution in [0.1, 0.15) is 90.2 Å². The van der Waals surface area contributed by atoms with E-state index in [1.807, 2.05) is 25.2 Å². The molecule has 3 aliphatic heterocycles. The zero-order chi connectivity index (χ0) is 46.1. The number of carbonyl (C=O) groups is 2. The molecule has 4 rings (SSSR count). The van der Waals surface area contributed by atoms with Gasteiger partial charge in [0, 0.05) is 18.2 Å². The highest BCUT2D eigenvalue weighted by Gasteiger charge is 2.63. The van der Waals surface area contributed by atoms with Crippen LogP contribution in [0.5, 0.6) is 11.5 Å². The van der Waals surface area contributed by atoms with Crippen LogP contribution >= 0.6 is 0 Å². The largest absolute Gasteiger partial charge is 0.508 e. The normalized spacial score (nSPS) is 30.0. The second-order valence-electron chi connectivity index (χ2n) is 16.1. The molecule has 1 spiro atoms. The summed E-state index contributed by atoms with van der Waals surface area (Å²) in [6.45, 7) is 6.54. The summed E-state index contributed by atoms with van der Waals surface area (Å²) in [5.74, 6) is -4.26. The Hall–Kier alpha value is -4.20. The fourth-order valence-electron chi connectivity index (χ4n) is 7.32. The highest BCUT2D eigenvalue weighted by atomic mass is 16.8. The molecular formula is C47H66O16. The van der Waals surface area contributed by atoms with Crippen molar-refractivity contribution in [1.29, 1.82) is 0 Å². The number of fused-ring (bicyclic) bond motifs is 2. The van der Waals surface area contributed by atoms with E-state index >= 15 is 0 Å². The number of unbranched alkanes of at least 4 members (excludes halogenated alkanes) is 3. The van der Waals surface area contributed by atoms with E-state index < -0.39 is 97.9 Å². The topological polar surface area (TPSA) is 251 Å². The van der Waals surface area contributed by atoms with E-state index in [9.17, 15) is 50.4 Å². The van der Waals surface area contributed by atoms with Gasteiger partial charge in [-0.15, -0.1) is 0 Å². The van der Waals surface area contributed by atoms with E-state index in [-0.39, 0.29) is 29.9 Å². The van der Waals surface area contributed by atoms with Crippen LogP contribution in [0, 0.1) is 5.92 Å². The summed E-state index contributed by atoms with van der Waals surface area (Å²) < 4.78 is 34.8. The van der Waals surface area contributed by atoms with Gasteiger partial charge in [0.1, 0.15) is 54.7 Å². The number of aliphatic hydroxyl groups is 6. The third-order valence-electron chi connectivity index (χ3n) is 11.3. The highest BCUT2D eigenvalue weighted by Crippen LogP contribution is 2.51. The summed E-state index contributed by atoms with van der Waals surface area (Å²) >= 11 is 0. The second-order valence-corrected chi connectivity index (χ2v) is 16.1. The number of rotatable bonds is 22. The summed E-state index contributed by atoms with van der Waals surface area (Å²) in [6.07, 6.45) is 8.36. The van der Waals surface area contributed by atoms with Crippen molar-refractivity contribution in [3.8, 4) is 11.5 Å². The lowest BCUT2D eigenvalue weighted by Gasteiger charge is -2.50. The maximum absolute atomic E-state index is 13.4. The third-order valence-corrected chi connectivity index (χ3v) is 11.3. The molecule has 1 aromatic rings. The van der Waals surface area contributed by atoms with E-state index in [1.54, 1.807) is 12.2 Å². The number of hydrogen-bond acceptors (Lipinski definition) is 16. The molecule has 2 saturated heterocycles. The van der Waals surface area contributed by atoms with Crippen molar-refractivity contribution in [3.63, 3.8) is 0 Å². The minimum Gasteiger partial charge on any atom is -0.508 e. The molecule has 16 heteroatoms. The van der Waals surface area contributed by atoms with E-state index in [0.29, 0.717) is 5.92 Å². The minimum atomic E-state index is -2.27. The SMILES string of the molecule is CCCCC/C=C/C=C/C(=O)OC[C@H]1O[C@H](O[C@H]2[C@H](OC(=O)/C=C/C=C/CC(O)/C(C)=C/C=C/CCC(C)CC)[C@@H](O)[C@@]3(OCc4cc(O)cc(O)c43)O[C@@H]2CO)[C@H](O)[C@@H](O)[C@H]1O. The molecular weight excluding hydrogens is 821 g/mol. The van der Waals surface area contributed by atoms with Gasteiger partial charge >= 0.3 is 11.9 Å². The summed E-state index contributed by atoms with van der Waals surface area (Å²) in [5, 5.41) is 86.7. The van der Waals surface area contributed by atoms with Crippen molar-refractivity contribution in [2.45, 2.75) is 153 Å². The smallest absolute Gasteiger partial charge is 0.331 e. The van der Waals surface area contributed by atoms with Crippen LogP contribution < -0.4 is 0 Å². The van der Waals surface area contributed by atoms with Crippen LogP contribution in [0.2, 0.25) is 0 Å². The predicted octanol–water partition coefficient (Wildman–Crippen LogP) is 4.07. The van der Waals surface area contributed by atoms with Gasteiger partial charge in [-0.1, -0.05) is 94.7 Å². The average molecular weight is 887 g/mol. The molecule has 1 aromatic carbocycles. The van der Waals surface area contributed by atoms with Crippen molar-refractivity contribution >= 4 is 11.9 Å². The number of aliphatic hydroxyl groups excluding tert-OH is 6. The van der Waals surface area contributed by atoms with Gasteiger partial charge in [-0.05, 0) is 62.1 Å². The van der Waals surface area contributed by atoms with Crippen LogP contribution in [-0.4, -0.2) is 127 Å². The number of phenolic OH excluding ortho intramolecular Hbond substituents is 2. The first-order chi connectivity index (χ1) is 30.2. The van der Waals surface area contributed by atoms with Gasteiger partial charge in [0.05, 0.1) is 24.9 Å². The van der Waals surface area contributed by atoms with Crippen LogP contribution in [0.4, 0.5) is 0 Å². The van der Waals surface area contributed by atoms with Crippen molar-refractivity contribution in [2.75, 3.05) is 13.2 Å². The molecule has 12 atom stereocenters. The number of benzene rings is 1. The number of hydrogen-bond donors (Lipinski definition) is 8. The molecule has 16 nitrogen and oxygen atoms in total. The lowest BCUT2D eigenvalue weighted by molar-refractivity contribution is -0.395. The minimum absolute atomic E-state index is 0.107. The molecule has 63 heavy (non-hydrogen) atoms. The van der Waals surface area contributed by atoms with Gasteiger partial charge in [-0.25, -0.2) is 9.59 Å². The Kier molecular flexibility index (Phi) is 20.7. The first-order valence-electron chi connectivity index (χ1n) is 21.7. The van der Waals surface area contributed by atoms with Gasteiger partial charge in [-0.3, -0.25) is 0 Å². The predicted molar refractivity (Wildman–Crippen MR) is 230 cm³/mol. The first-order valence-corrected chi connectivity index (χ1v) is 21.7. The zero-order valence-corrected chi connectivity index (χ0v) is 36.5. The number of carbonyl (C=O) groups excluding carboxylic acids is 2. The third kappa shape index (κ3) is 14.1. The molecule has 3 heterocycles. The molecule has 0 aromatic heterocycles. The van der Waals surface area contributed by atoms with Gasteiger partial charge < -0.3 is 69.3 Å². The molecule has 3 aliphatic rings. The van der Waals surface area contributed by atoms with Gasteiger partial charge in [0.25, 0.3) is 0 Å². The van der Waals surface area contributed by atoms with Crippen molar-refractivity contribution in [3.05, 3.63) is 95.7 Å². The zero-order valence-electron chi connectivity index (χ0n) is 36.5. The standard InChI is InChI=1S/C47H66O16/c1-5-7-8-9-10-11-17-22-37(52)58-28-36-40(54)41(55)42(56)46(60-36)62-43-35(26-48)63-47(39-31(27-59-47)24-32(49)25-34(39)51)45(57)44(43)61-38(53)23-18-13-16-21-33(50)30(4)20-15-12-14-19-29(3)6-2/h10-13,15-18,20,22-25,29,33,35-36,40-46,48-51,54-57H,5-9,14,19,21,26-28H2,1-4H3/b11-10+,15-12+,16-13+,22-17+,23-18+,30-20+/t29?,33?,35-,36-,40+,41+,42-,43-,44+,45-,46-,47+/m1/s1. The van der Waals surface area contributed by atoms with Gasteiger partial charge in [0.2, 0.25) is 5.79 Å². The number of ether oxygens (including phenoxy) is 6. The van der Waals surface area contributed by atoms with Gasteiger partial charge in [0.15, 0.2) is 18.5 Å². The maximum atomic E-state index is 13.4. The van der Waals surface area contributed by atoms with Crippen molar-refractivity contribution < 1.29 is 78.9 Å². The van der Waals surface area contributed by atoms with Crippen molar-refractivity contribution in [2.24, 2.45) is 5.92 Å².